The largest absolute Gasteiger partial charge is 0.366 e. The summed E-state index contributed by atoms with van der Waals surface area (Å²) in [6.07, 6.45) is 3.90. The van der Waals surface area contributed by atoms with Crippen LogP contribution in [0.5, 0.6) is 0 Å². The van der Waals surface area contributed by atoms with Crippen molar-refractivity contribution in [2.75, 3.05) is 25.0 Å². The molecular formula is C23H24N6O2S. The van der Waals surface area contributed by atoms with E-state index in [9.17, 15) is 4.79 Å². The zero-order valence-electron chi connectivity index (χ0n) is 17.7. The van der Waals surface area contributed by atoms with E-state index in [1.807, 2.05) is 30.3 Å². The molecule has 1 unspecified atom stereocenters. The number of H-pyrrole nitrogens is 1. The molecule has 1 aliphatic rings. The number of nitrogens with one attached hydrogen (secondary N) is 2. The van der Waals surface area contributed by atoms with Crippen LogP contribution in [0.3, 0.4) is 0 Å². The molecule has 1 fully saturated rings. The van der Waals surface area contributed by atoms with E-state index < -0.39 is 6.10 Å². The normalized spacial score (nSPS) is 17.0. The number of carbonyl (C=O) groups excluding carboxylic acids is 1. The molecule has 2 N–H and O–H groups in total. The number of fused-ring (bicyclic) bond motifs is 1. The Morgan fingerprint density at radius 2 is 2.19 bits per heavy atom. The summed E-state index contributed by atoms with van der Waals surface area (Å²) in [6.45, 7) is 4.70. The molecular weight excluding hydrogens is 424 g/mol. The van der Waals surface area contributed by atoms with Crippen molar-refractivity contribution in [3.8, 4) is 11.3 Å². The van der Waals surface area contributed by atoms with Gasteiger partial charge in [-0.3, -0.25) is 19.8 Å². The van der Waals surface area contributed by atoms with Gasteiger partial charge >= 0.3 is 0 Å². The maximum absolute atomic E-state index is 12.9. The Bertz CT molecular complexity index is 1220. The van der Waals surface area contributed by atoms with Crippen molar-refractivity contribution in [2.24, 2.45) is 0 Å². The van der Waals surface area contributed by atoms with Gasteiger partial charge in [-0.1, -0.05) is 6.92 Å². The number of benzene rings is 1. The summed E-state index contributed by atoms with van der Waals surface area (Å²) >= 11 is 1.69. The molecule has 5 rings (SSSR count). The minimum atomic E-state index is -0.521. The summed E-state index contributed by atoms with van der Waals surface area (Å²) in [5, 5.41) is 14.7. The number of pyridine rings is 1. The van der Waals surface area contributed by atoms with Gasteiger partial charge in [-0.25, -0.2) is 4.98 Å². The highest BCUT2D eigenvalue weighted by Gasteiger charge is 2.27. The van der Waals surface area contributed by atoms with Crippen molar-refractivity contribution in [3.05, 3.63) is 58.8 Å². The van der Waals surface area contributed by atoms with Crippen molar-refractivity contribution < 1.29 is 9.53 Å². The maximum Gasteiger partial charge on any atom is 0.254 e. The second kappa shape index (κ2) is 9.15. The zero-order chi connectivity index (χ0) is 21.9. The number of carbonyl (C=O) groups is 1. The molecule has 1 aromatic carbocycles. The van der Waals surface area contributed by atoms with Gasteiger partial charge in [0.2, 0.25) is 0 Å². The molecule has 4 aromatic rings. The fourth-order valence-corrected chi connectivity index (χ4v) is 4.60. The van der Waals surface area contributed by atoms with Gasteiger partial charge in [0.05, 0.1) is 22.8 Å². The van der Waals surface area contributed by atoms with Gasteiger partial charge in [-0.15, -0.1) is 11.3 Å². The van der Waals surface area contributed by atoms with E-state index in [2.05, 4.69) is 42.7 Å². The molecule has 0 bridgehead atoms. The van der Waals surface area contributed by atoms with Gasteiger partial charge < -0.3 is 10.1 Å². The van der Waals surface area contributed by atoms with Crippen LogP contribution < -0.4 is 5.32 Å². The molecule has 1 atom stereocenters. The van der Waals surface area contributed by atoms with Crippen LogP contribution in [0, 0.1) is 0 Å². The van der Waals surface area contributed by atoms with Crippen molar-refractivity contribution >= 4 is 33.8 Å². The molecule has 9 heteroatoms. The number of aryl methyl sites for hydroxylation is 1. The lowest BCUT2D eigenvalue weighted by Crippen LogP contribution is -2.47. The summed E-state index contributed by atoms with van der Waals surface area (Å²) in [5.74, 6) is -0.143. The third kappa shape index (κ3) is 4.40. The van der Waals surface area contributed by atoms with E-state index in [1.54, 1.807) is 23.7 Å². The van der Waals surface area contributed by atoms with Gasteiger partial charge in [0.15, 0.2) is 0 Å². The first-order valence-electron chi connectivity index (χ1n) is 10.7. The lowest BCUT2D eigenvalue weighted by atomic mass is 10.1. The van der Waals surface area contributed by atoms with Crippen LogP contribution >= 0.6 is 11.3 Å². The molecule has 8 nitrogen and oxygen atoms in total. The minimum absolute atomic E-state index is 0.143. The number of amides is 1. The Balaban J connectivity index is 1.28. The Hall–Kier alpha value is -3.14. The van der Waals surface area contributed by atoms with E-state index in [0.717, 1.165) is 52.4 Å². The van der Waals surface area contributed by atoms with Gasteiger partial charge in [0.1, 0.15) is 11.8 Å². The standard InChI is InChI=1S/C23H24N6O2S/c1-2-21-25-17(14-32-21)12-29-9-10-31-20(13-29)23(30)26-16-3-4-19-18(11-16)22(28-27-19)15-5-7-24-8-6-15/h3-8,11,14,20H,2,9-10,12-13H2,1H3,(H,26,30)(H,27,28). The summed E-state index contributed by atoms with van der Waals surface area (Å²) in [7, 11) is 0. The van der Waals surface area contributed by atoms with Crippen molar-refractivity contribution in [3.63, 3.8) is 0 Å². The average molecular weight is 449 g/mol. The van der Waals surface area contributed by atoms with Crippen LogP contribution in [0.1, 0.15) is 17.6 Å². The highest BCUT2D eigenvalue weighted by Crippen LogP contribution is 2.28. The van der Waals surface area contributed by atoms with E-state index in [-0.39, 0.29) is 5.91 Å². The summed E-state index contributed by atoms with van der Waals surface area (Å²) < 4.78 is 5.77. The molecule has 0 aliphatic carbocycles. The van der Waals surface area contributed by atoms with E-state index in [0.29, 0.717) is 18.8 Å². The quantitative estimate of drug-likeness (QED) is 0.469. The summed E-state index contributed by atoms with van der Waals surface area (Å²) in [4.78, 5) is 23.9. The SMILES string of the molecule is CCc1nc(CN2CCOC(C(=O)Nc3ccc4[nH]nc(-c5ccncc5)c4c3)C2)cs1. The molecule has 32 heavy (non-hydrogen) atoms. The van der Waals surface area contributed by atoms with Gasteiger partial charge in [0, 0.05) is 54.0 Å². The summed E-state index contributed by atoms with van der Waals surface area (Å²) in [6, 6.07) is 9.56. The van der Waals surface area contributed by atoms with Crippen LogP contribution in [0.4, 0.5) is 5.69 Å². The van der Waals surface area contributed by atoms with Gasteiger partial charge in [-0.2, -0.15) is 5.10 Å². The monoisotopic (exact) mass is 448 g/mol. The molecule has 0 saturated carbocycles. The van der Waals surface area contributed by atoms with E-state index >= 15 is 0 Å². The predicted octanol–water partition coefficient (Wildman–Crippen LogP) is 3.48. The highest BCUT2D eigenvalue weighted by atomic mass is 32.1. The summed E-state index contributed by atoms with van der Waals surface area (Å²) in [5.41, 5.74) is 4.47. The molecule has 0 spiro atoms. The number of hydrogen-bond donors (Lipinski definition) is 2. The number of aromatic amines is 1. The predicted molar refractivity (Wildman–Crippen MR) is 124 cm³/mol. The van der Waals surface area contributed by atoms with E-state index in [1.165, 1.54) is 0 Å². The van der Waals surface area contributed by atoms with E-state index in [4.69, 9.17) is 4.74 Å². The highest BCUT2D eigenvalue weighted by molar-refractivity contribution is 7.09. The maximum atomic E-state index is 12.9. The number of nitrogens with zero attached hydrogens (tertiary/aromatic N) is 4. The Kier molecular flexibility index (Phi) is 5.93. The first kappa shape index (κ1) is 20.7. The number of rotatable bonds is 6. The first-order chi connectivity index (χ1) is 15.7. The Morgan fingerprint density at radius 1 is 1.31 bits per heavy atom. The smallest absolute Gasteiger partial charge is 0.254 e. The number of morpholine rings is 1. The van der Waals surface area contributed by atoms with Crippen LogP contribution in [0.2, 0.25) is 0 Å². The zero-order valence-corrected chi connectivity index (χ0v) is 18.6. The van der Waals surface area contributed by atoms with Crippen LogP contribution in [-0.2, 0) is 22.5 Å². The molecule has 1 aliphatic heterocycles. The second-order valence-electron chi connectivity index (χ2n) is 7.74. The Labute approximate surface area is 189 Å². The number of aromatic nitrogens is 4. The van der Waals surface area contributed by atoms with Crippen molar-refractivity contribution in [1.82, 2.24) is 25.1 Å². The van der Waals surface area contributed by atoms with Crippen molar-refractivity contribution in [2.45, 2.75) is 26.0 Å². The minimum Gasteiger partial charge on any atom is -0.366 e. The lowest BCUT2D eigenvalue weighted by molar-refractivity contribution is -0.133. The third-order valence-electron chi connectivity index (χ3n) is 5.51. The Morgan fingerprint density at radius 3 is 3.00 bits per heavy atom. The molecule has 1 amide bonds. The van der Waals surface area contributed by atoms with Gasteiger partial charge in [-0.05, 0) is 36.8 Å². The van der Waals surface area contributed by atoms with Gasteiger partial charge in [0.25, 0.3) is 5.91 Å². The molecule has 3 aromatic heterocycles. The third-order valence-corrected chi connectivity index (χ3v) is 6.56. The van der Waals surface area contributed by atoms with Crippen molar-refractivity contribution in [1.29, 1.82) is 0 Å². The molecule has 164 valence electrons. The van der Waals surface area contributed by atoms with Crippen LogP contribution in [0.25, 0.3) is 22.2 Å². The number of hydrogen-bond acceptors (Lipinski definition) is 7. The van der Waals surface area contributed by atoms with Crippen LogP contribution in [-0.4, -0.2) is 56.8 Å². The molecule has 4 heterocycles. The first-order valence-corrected chi connectivity index (χ1v) is 11.5. The topological polar surface area (TPSA) is 96.0 Å². The van der Waals surface area contributed by atoms with Crippen LogP contribution in [0.15, 0.2) is 48.1 Å². The second-order valence-corrected chi connectivity index (χ2v) is 8.68. The number of anilines is 1. The average Bonchev–Trinajstić information content (AvgIpc) is 3.46. The number of ether oxygens (including phenoxy) is 1. The fraction of sp³-hybridized carbons (Fsp3) is 0.304. The molecule has 0 radical (unpaired) electrons. The molecule has 1 saturated heterocycles. The fourth-order valence-electron chi connectivity index (χ4n) is 3.86. The lowest BCUT2D eigenvalue weighted by Gasteiger charge is -2.31. The number of thiazole rings is 1.